The maximum absolute atomic E-state index is 13.9. The molecule has 3 aromatic rings. The van der Waals surface area contributed by atoms with Crippen LogP contribution in [0.4, 0.5) is 8.78 Å². The van der Waals surface area contributed by atoms with Gasteiger partial charge in [-0.05, 0) is 25.5 Å². The lowest BCUT2D eigenvalue weighted by molar-refractivity contribution is 0.101. The first kappa shape index (κ1) is 19.2. The van der Waals surface area contributed by atoms with E-state index in [1.165, 1.54) is 29.8 Å². The van der Waals surface area contributed by atoms with Gasteiger partial charge in [-0.2, -0.15) is 0 Å². The van der Waals surface area contributed by atoms with E-state index in [-0.39, 0.29) is 22.2 Å². The van der Waals surface area contributed by atoms with Crippen LogP contribution in [0.5, 0.6) is 5.75 Å². The number of aryl methyl sites for hydroxylation is 2. The largest absolute Gasteiger partial charge is 0.485 e. The average molecular weight is 421 g/mol. The summed E-state index contributed by atoms with van der Waals surface area (Å²) in [6, 6.07) is 3.46. The van der Waals surface area contributed by atoms with Crippen molar-refractivity contribution in [1.29, 1.82) is 0 Å². The zero-order valence-corrected chi connectivity index (χ0v) is 16.4. The van der Waals surface area contributed by atoms with Crippen molar-refractivity contribution in [3.63, 3.8) is 0 Å². The number of nitrogens with zero attached hydrogens (tertiary/aromatic N) is 3. The highest BCUT2D eigenvalue weighted by Gasteiger charge is 2.17. The van der Waals surface area contributed by atoms with Gasteiger partial charge in [0.1, 0.15) is 34.6 Å². The number of carbonyl (C=O) groups is 1. The SMILES string of the molecule is [2H]C(Oc1cc(C)n(-c2cc(C(C)=O)ncc2C)c(=O)c1Cl)c1ncc(F)cc1F. The second-order valence-electron chi connectivity index (χ2n) is 6.27. The Kier molecular flexibility index (Phi) is 5.35. The van der Waals surface area contributed by atoms with Gasteiger partial charge in [0.05, 0.1) is 13.3 Å². The van der Waals surface area contributed by atoms with Gasteiger partial charge in [-0.25, -0.2) is 8.78 Å². The predicted molar refractivity (Wildman–Crippen MR) is 103 cm³/mol. The van der Waals surface area contributed by atoms with E-state index >= 15 is 0 Å². The number of halogens is 3. The molecule has 29 heavy (non-hydrogen) atoms. The molecule has 3 aromatic heterocycles. The monoisotopic (exact) mass is 420 g/mol. The van der Waals surface area contributed by atoms with Crippen molar-refractivity contribution in [2.75, 3.05) is 0 Å². The molecule has 3 rings (SSSR count). The zero-order chi connectivity index (χ0) is 22.2. The lowest BCUT2D eigenvalue weighted by atomic mass is 10.1. The average Bonchev–Trinajstić information content (AvgIpc) is 2.67. The van der Waals surface area contributed by atoms with E-state index in [4.69, 9.17) is 17.7 Å². The number of hydrogen-bond donors (Lipinski definition) is 0. The summed E-state index contributed by atoms with van der Waals surface area (Å²) in [5, 5.41) is -0.346. The Morgan fingerprint density at radius 3 is 2.62 bits per heavy atom. The second-order valence-corrected chi connectivity index (χ2v) is 6.65. The molecule has 0 radical (unpaired) electrons. The summed E-state index contributed by atoms with van der Waals surface area (Å²) in [6.45, 7) is 3.01. The Morgan fingerprint density at radius 2 is 1.97 bits per heavy atom. The van der Waals surface area contributed by atoms with Crippen LogP contribution in [-0.2, 0) is 6.58 Å². The van der Waals surface area contributed by atoms with Gasteiger partial charge in [-0.1, -0.05) is 11.6 Å². The van der Waals surface area contributed by atoms with Gasteiger partial charge in [-0.15, -0.1) is 0 Å². The molecule has 0 aromatic carbocycles. The van der Waals surface area contributed by atoms with Crippen LogP contribution in [0.25, 0.3) is 5.69 Å². The zero-order valence-electron chi connectivity index (χ0n) is 16.7. The molecule has 0 aliphatic carbocycles. The lowest BCUT2D eigenvalue weighted by Crippen LogP contribution is -2.23. The highest BCUT2D eigenvalue weighted by molar-refractivity contribution is 6.31. The van der Waals surface area contributed by atoms with Crippen molar-refractivity contribution < 1.29 is 19.7 Å². The summed E-state index contributed by atoms with van der Waals surface area (Å²) < 4.78 is 41.5. The normalized spacial score (nSPS) is 12.4. The summed E-state index contributed by atoms with van der Waals surface area (Å²) >= 11 is 6.17. The van der Waals surface area contributed by atoms with Crippen LogP contribution < -0.4 is 10.3 Å². The van der Waals surface area contributed by atoms with Crippen LogP contribution in [0.1, 0.15) is 35.7 Å². The lowest BCUT2D eigenvalue weighted by Gasteiger charge is -2.16. The first-order valence-electron chi connectivity index (χ1n) is 8.97. The van der Waals surface area contributed by atoms with Gasteiger partial charge in [0, 0.05) is 30.9 Å². The number of carbonyl (C=O) groups excluding carboxylic acids is 1. The smallest absolute Gasteiger partial charge is 0.277 e. The topological polar surface area (TPSA) is 74.1 Å². The van der Waals surface area contributed by atoms with Crippen molar-refractivity contribution in [3.8, 4) is 11.4 Å². The number of ketones is 1. The van der Waals surface area contributed by atoms with Crippen LogP contribution in [-0.4, -0.2) is 20.3 Å². The fourth-order valence-corrected chi connectivity index (χ4v) is 2.83. The molecule has 1 unspecified atom stereocenters. The summed E-state index contributed by atoms with van der Waals surface area (Å²) in [7, 11) is 0. The molecule has 0 saturated heterocycles. The van der Waals surface area contributed by atoms with Gasteiger partial charge in [0.25, 0.3) is 5.56 Å². The summed E-state index contributed by atoms with van der Waals surface area (Å²) in [5.41, 5.74) is 0.511. The number of ether oxygens (including phenoxy) is 1. The highest BCUT2D eigenvalue weighted by Crippen LogP contribution is 2.25. The third kappa shape index (κ3) is 4.17. The molecule has 0 aliphatic rings. The number of pyridine rings is 3. The first-order chi connectivity index (χ1) is 14.1. The molecule has 0 N–H and O–H groups in total. The Morgan fingerprint density at radius 1 is 1.24 bits per heavy atom. The van der Waals surface area contributed by atoms with E-state index < -0.39 is 29.5 Å². The quantitative estimate of drug-likeness (QED) is 0.584. The molecular weight excluding hydrogens is 404 g/mol. The summed E-state index contributed by atoms with van der Waals surface area (Å²) in [6.07, 6.45) is 2.23. The Bertz CT molecular complexity index is 1220. The molecule has 6 nitrogen and oxygen atoms in total. The maximum Gasteiger partial charge on any atom is 0.277 e. The van der Waals surface area contributed by atoms with Gasteiger partial charge in [0.2, 0.25) is 0 Å². The highest BCUT2D eigenvalue weighted by atomic mass is 35.5. The van der Waals surface area contributed by atoms with E-state index in [0.29, 0.717) is 23.0 Å². The first-order valence-corrected chi connectivity index (χ1v) is 8.78. The molecule has 1 atom stereocenters. The van der Waals surface area contributed by atoms with Gasteiger partial charge >= 0.3 is 0 Å². The van der Waals surface area contributed by atoms with Crippen molar-refractivity contribution in [2.45, 2.75) is 27.4 Å². The predicted octanol–water partition coefficient (Wildman–Crippen LogP) is 3.96. The standard InChI is InChI=1S/C20H16ClF2N3O3/c1-10-7-24-15(12(3)27)6-17(10)26-11(2)4-18(19(21)20(26)28)29-9-16-14(23)5-13(22)8-25-16/h4-8H,9H2,1-3H3/i9D. The van der Waals surface area contributed by atoms with Crippen LogP contribution in [0.2, 0.25) is 5.02 Å². The fraction of sp³-hybridized carbons (Fsp3) is 0.200. The molecule has 9 heteroatoms. The van der Waals surface area contributed by atoms with Crippen LogP contribution >= 0.6 is 11.6 Å². The molecule has 0 fully saturated rings. The molecule has 3 heterocycles. The van der Waals surface area contributed by atoms with E-state index in [0.717, 1.165) is 6.20 Å². The molecule has 0 bridgehead atoms. The number of Topliss-reactive ketones (excluding diaryl/α,β-unsaturated/α-hetero) is 1. The van der Waals surface area contributed by atoms with Gasteiger partial charge in [-0.3, -0.25) is 24.1 Å². The van der Waals surface area contributed by atoms with Crippen LogP contribution in [0, 0.1) is 25.5 Å². The molecule has 0 aliphatic heterocycles. The fourth-order valence-electron chi connectivity index (χ4n) is 2.64. The van der Waals surface area contributed by atoms with E-state index in [9.17, 15) is 18.4 Å². The van der Waals surface area contributed by atoms with Gasteiger partial charge < -0.3 is 4.74 Å². The van der Waals surface area contributed by atoms with Crippen LogP contribution in [0.3, 0.4) is 0 Å². The molecular formula is C20H16ClF2N3O3. The van der Waals surface area contributed by atoms with Gasteiger partial charge in [0.15, 0.2) is 11.6 Å². The van der Waals surface area contributed by atoms with Crippen molar-refractivity contribution >= 4 is 17.4 Å². The second kappa shape index (κ2) is 8.08. The van der Waals surface area contributed by atoms with E-state index in [1.54, 1.807) is 13.8 Å². The molecule has 150 valence electrons. The summed E-state index contributed by atoms with van der Waals surface area (Å²) in [5.74, 6) is -2.36. The third-order valence-electron chi connectivity index (χ3n) is 4.11. The van der Waals surface area contributed by atoms with Crippen LogP contribution in [0.15, 0.2) is 35.4 Å². The Balaban J connectivity index is 2.05. The molecule has 0 amide bonds. The number of rotatable bonds is 5. The number of aromatic nitrogens is 3. The maximum atomic E-state index is 13.9. The Hall–Kier alpha value is -3.13. The summed E-state index contributed by atoms with van der Waals surface area (Å²) in [4.78, 5) is 32.1. The van der Waals surface area contributed by atoms with E-state index in [1.807, 2.05) is 0 Å². The van der Waals surface area contributed by atoms with Crippen molar-refractivity contribution in [3.05, 3.63) is 80.2 Å². The molecule has 0 spiro atoms. The minimum atomic E-state index is -1.68. The minimum absolute atomic E-state index is 0.153. The Labute approximate surface area is 171 Å². The third-order valence-corrected chi connectivity index (χ3v) is 4.46. The van der Waals surface area contributed by atoms with Crippen molar-refractivity contribution in [1.82, 2.24) is 14.5 Å². The molecule has 0 saturated carbocycles. The van der Waals surface area contributed by atoms with E-state index in [2.05, 4.69) is 9.97 Å². The van der Waals surface area contributed by atoms with Crippen molar-refractivity contribution in [2.24, 2.45) is 0 Å². The number of hydrogen-bond acceptors (Lipinski definition) is 5. The minimum Gasteiger partial charge on any atom is -0.485 e.